The van der Waals surface area contributed by atoms with E-state index in [1.165, 1.54) is 5.01 Å². The Balaban J connectivity index is 1.80. The predicted octanol–water partition coefficient (Wildman–Crippen LogP) is 2.94. The van der Waals surface area contributed by atoms with Crippen LogP contribution in [0.5, 0.6) is 5.75 Å². The van der Waals surface area contributed by atoms with Crippen molar-refractivity contribution in [1.29, 1.82) is 0 Å². The lowest BCUT2D eigenvalue weighted by Gasteiger charge is -2.13. The van der Waals surface area contributed by atoms with Gasteiger partial charge in [0.2, 0.25) is 0 Å². The van der Waals surface area contributed by atoms with Gasteiger partial charge in [-0.05, 0) is 42.3 Å². The van der Waals surface area contributed by atoms with Crippen LogP contribution >= 0.6 is 0 Å². The highest BCUT2D eigenvalue weighted by atomic mass is 16.5. The minimum absolute atomic E-state index is 0.112. The molecule has 0 aromatic heterocycles. The van der Waals surface area contributed by atoms with Crippen molar-refractivity contribution in [3.05, 3.63) is 65.7 Å². The van der Waals surface area contributed by atoms with E-state index in [0.717, 1.165) is 17.7 Å². The van der Waals surface area contributed by atoms with Gasteiger partial charge < -0.3 is 4.74 Å². The van der Waals surface area contributed by atoms with Gasteiger partial charge in [-0.1, -0.05) is 37.3 Å². The molecule has 24 heavy (non-hydrogen) atoms. The third kappa shape index (κ3) is 3.30. The normalized spacial score (nSPS) is 15.7. The first-order chi connectivity index (χ1) is 11.7. The standard InChI is InChI=1S/C19H18N2O3/c1-2-12-24-16-10-8-14(9-11-16)13-17-18(22)20-21(19(17)23)15-6-4-3-5-7-15/h3-11,13H,2,12H2,1H3,(H,20,22)/b17-13+. The molecule has 5 nitrogen and oxygen atoms in total. The number of amides is 2. The van der Waals surface area contributed by atoms with Crippen LogP contribution in [0.1, 0.15) is 18.9 Å². The molecule has 0 spiro atoms. The van der Waals surface area contributed by atoms with E-state index in [4.69, 9.17) is 4.74 Å². The number of nitrogens with zero attached hydrogens (tertiary/aromatic N) is 1. The quantitative estimate of drug-likeness (QED) is 0.680. The average molecular weight is 322 g/mol. The van der Waals surface area contributed by atoms with Gasteiger partial charge in [0, 0.05) is 0 Å². The van der Waals surface area contributed by atoms with Crippen LogP contribution in [0.15, 0.2) is 60.2 Å². The Morgan fingerprint density at radius 2 is 1.75 bits per heavy atom. The highest BCUT2D eigenvalue weighted by Crippen LogP contribution is 2.22. The molecule has 0 aliphatic carbocycles. The SMILES string of the molecule is CCCOc1ccc(/C=C2\C(=O)NN(c3ccccc3)C2=O)cc1. The van der Waals surface area contributed by atoms with Crippen LogP contribution in [0, 0.1) is 0 Å². The maximum Gasteiger partial charge on any atom is 0.282 e. The number of hydrogen-bond donors (Lipinski definition) is 1. The van der Waals surface area contributed by atoms with Gasteiger partial charge >= 0.3 is 0 Å². The molecule has 3 rings (SSSR count). The van der Waals surface area contributed by atoms with E-state index in [1.54, 1.807) is 18.2 Å². The van der Waals surface area contributed by atoms with Crippen LogP contribution < -0.4 is 15.2 Å². The van der Waals surface area contributed by atoms with Gasteiger partial charge in [-0.3, -0.25) is 15.0 Å². The smallest absolute Gasteiger partial charge is 0.282 e. The molecule has 1 aliphatic heterocycles. The fraction of sp³-hybridized carbons (Fsp3) is 0.158. The molecule has 2 amide bonds. The van der Waals surface area contributed by atoms with Crippen molar-refractivity contribution in [2.45, 2.75) is 13.3 Å². The van der Waals surface area contributed by atoms with Crippen molar-refractivity contribution < 1.29 is 14.3 Å². The van der Waals surface area contributed by atoms with E-state index in [-0.39, 0.29) is 11.5 Å². The number of hydrogen-bond acceptors (Lipinski definition) is 3. The van der Waals surface area contributed by atoms with Gasteiger partial charge in [0.05, 0.1) is 12.3 Å². The van der Waals surface area contributed by atoms with E-state index < -0.39 is 5.91 Å². The van der Waals surface area contributed by atoms with E-state index in [0.29, 0.717) is 12.3 Å². The summed E-state index contributed by atoms with van der Waals surface area (Å²) in [5.74, 6) is -0.000200. The molecular formula is C19H18N2O3. The van der Waals surface area contributed by atoms with Crippen LogP contribution in [-0.4, -0.2) is 18.4 Å². The third-order valence-corrected chi connectivity index (χ3v) is 3.57. The number of nitrogens with one attached hydrogen (secondary N) is 1. The summed E-state index contributed by atoms with van der Waals surface area (Å²) in [7, 11) is 0. The lowest BCUT2D eigenvalue weighted by atomic mass is 10.1. The summed E-state index contributed by atoms with van der Waals surface area (Å²) < 4.78 is 5.52. The van der Waals surface area contributed by atoms with E-state index >= 15 is 0 Å². The Morgan fingerprint density at radius 3 is 2.42 bits per heavy atom. The monoisotopic (exact) mass is 322 g/mol. The van der Waals surface area contributed by atoms with Gasteiger partial charge in [-0.15, -0.1) is 0 Å². The van der Waals surface area contributed by atoms with Crippen molar-refractivity contribution >= 4 is 23.6 Å². The number of anilines is 1. The summed E-state index contributed by atoms with van der Waals surface area (Å²) >= 11 is 0. The zero-order valence-electron chi connectivity index (χ0n) is 13.4. The molecule has 122 valence electrons. The number of rotatable bonds is 5. The molecule has 1 aliphatic rings. The van der Waals surface area contributed by atoms with Crippen molar-refractivity contribution in [1.82, 2.24) is 5.43 Å². The number of carbonyl (C=O) groups is 2. The lowest BCUT2D eigenvalue weighted by molar-refractivity contribution is -0.117. The van der Waals surface area contributed by atoms with Gasteiger partial charge in [0.25, 0.3) is 11.8 Å². The minimum atomic E-state index is -0.407. The molecule has 1 heterocycles. The van der Waals surface area contributed by atoms with E-state index in [2.05, 4.69) is 5.43 Å². The number of hydrazine groups is 1. The molecule has 2 aromatic rings. The fourth-order valence-corrected chi connectivity index (χ4v) is 2.36. The second kappa shape index (κ2) is 7.00. The van der Waals surface area contributed by atoms with Crippen LogP contribution in [0.2, 0.25) is 0 Å². The second-order valence-electron chi connectivity index (χ2n) is 5.39. The average Bonchev–Trinajstić information content (AvgIpc) is 2.90. The van der Waals surface area contributed by atoms with Crippen molar-refractivity contribution in [2.24, 2.45) is 0 Å². The van der Waals surface area contributed by atoms with Crippen molar-refractivity contribution in [3.63, 3.8) is 0 Å². The molecule has 0 radical (unpaired) electrons. The summed E-state index contributed by atoms with van der Waals surface area (Å²) in [5.41, 5.74) is 4.09. The first kappa shape index (κ1) is 15.8. The fourth-order valence-electron chi connectivity index (χ4n) is 2.36. The summed E-state index contributed by atoms with van der Waals surface area (Å²) in [6, 6.07) is 16.3. The first-order valence-electron chi connectivity index (χ1n) is 7.84. The van der Waals surface area contributed by atoms with Crippen LogP contribution in [0.4, 0.5) is 5.69 Å². The second-order valence-corrected chi connectivity index (χ2v) is 5.39. The maximum atomic E-state index is 12.5. The summed E-state index contributed by atoms with van der Waals surface area (Å²) in [6.45, 7) is 2.70. The van der Waals surface area contributed by atoms with E-state index in [9.17, 15) is 9.59 Å². The number of para-hydroxylation sites is 1. The van der Waals surface area contributed by atoms with E-state index in [1.807, 2.05) is 49.4 Å². The number of benzene rings is 2. The summed E-state index contributed by atoms with van der Waals surface area (Å²) in [4.78, 5) is 24.6. The summed E-state index contributed by atoms with van der Waals surface area (Å²) in [6.07, 6.45) is 2.53. The molecule has 0 atom stereocenters. The third-order valence-electron chi connectivity index (χ3n) is 3.57. The maximum absolute atomic E-state index is 12.5. The first-order valence-corrected chi connectivity index (χ1v) is 7.84. The Bertz CT molecular complexity index is 767. The van der Waals surface area contributed by atoms with Crippen LogP contribution in [0.3, 0.4) is 0 Å². The molecule has 0 unspecified atom stereocenters. The van der Waals surface area contributed by atoms with Gasteiger partial charge in [0.15, 0.2) is 0 Å². The molecule has 0 saturated carbocycles. The summed E-state index contributed by atoms with van der Waals surface area (Å²) in [5, 5.41) is 1.26. The lowest BCUT2D eigenvalue weighted by Crippen LogP contribution is -2.35. The largest absolute Gasteiger partial charge is 0.494 e. The Kier molecular flexibility index (Phi) is 4.61. The van der Waals surface area contributed by atoms with Gasteiger partial charge in [-0.25, -0.2) is 5.01 Å². The molecular weight excluding hydrogens is 304 g/mol. The Morgan fingerprint density at radius 1 is 1.04 bits per heavy atom. The highest BCUT2D eigenvalue weighted by Gasteiger charge is 2.34. The molecule has 1 N–H and O–H groups in total. The van der Waals surface area contributed by atoms with Crippen molar-refractivity contribution in [3.8, 4) is 5.75 Å². The molecule has 1 saturated heterocycles. The molecule has 5 heteroatoms. The Hall–Kier alpha value is -3.08. The predicted molar refractivity (Wildman–Crippen MR) is 92.3 cm³/mol. The van der Waals surface area contributed by atoms with Crippen molar-refractivity contribution in [2.75, 3.05) is 11.6 Å². The number of ether oxygens (including phenoxy) is 1. The zero-order valence-corrected chi connectivity index (χ0v) is 13.4. The molecule has 0 bridgehead atoms. The number of carbonyl (C=O) groups excluding carboxylic acids is 2. The van der Waals surface area contributed by atoms with Gasteiger partial charge in [0.1, 0.15) is 11.3 Å². The minimum Gasteiger partial charge on any atom is -0.494 e. The highest BCUT2D eigenvalue weighted by molar-refractivity contribution is 6.31. The Labute approximate surface area is 140 Å². The van der Waals surface area contributed by atoms with Gasteiger partial charge in [-0.2, -0.15) is 0 Å². The molecule has 2 aromatic carbocycles. The van der Waals surface area contributed by atoms with Crippen LogP contribution in [0.25, 0.3) is 6.08 Å². The molecule has 1 fully saturated rings. The zero-order chi connectivity index (χ0) is 16.9. The van der Waals surface area contributed by atoms with Crippen LogP contribution in [-0.2, 0) is 9.59 Å². The topological polar surface area (TPSA) is 58.6 Å².